The van der Waals surface area contributed by atoms with E-state index >= 15 is 0 Å². The molecule has 0 saturated carbocycles. The number of tetrazole rings is 1. The Labute approximate surface area is 200 Å². The van der Waals surface area contributed by atoms with Gasteiger partial charge in [-0.15, -0.1) is 5.10 Å². The molecule has 1 aliphatic rings. The number of morpholine rings is 1. The summed E-state index contributed by atoms with van der Waals surface area (Å²) in [5.41, 5.74) is 1.72. The van der Waals surface area contributed by atoms with Gasteiger partial charge in [-0.25, -0.2) is 9.07 Å². The van der Waals surface area contributed by atoms with Gasteiger partial charge in [0.25, 0.3) is 5.56 Å². The molecule has 1 N–H and O–H groups in total. The van der Waals surface area contributed by atoms with Gasteiger partial charge in [0, 0.05) is 30.1 Å². The van der Waals surface area contributed by atoms with Crippen LogP contribution in [0.4, 0.5) is 4.39 Å². The van der Waals surface area contributed by atoms with Crippen molar-refractivity contribution >= 4 is 10.9 Å². The minimum absolute atomic E-state index is 0.252. The highest BCUT2D eigenvalue weighted by Crippen LogP contribution is 2.33. The molecule has 2 aromatic heterocycles. The van der Waals surface area contributed by atoms with Crippen molar-refractivity contribution in [2.45, 2.75) is 12.6 Å². The molecule has 10 nitrogen and oxygen atoms in total. The number of nitrogens with one attached hydrogen (secondary N) is 1. The Morgan fingerprint density at radius 1 is 1.09 bits per heavy atom. The fourth-order valence-electron chi connectivity index (χ4n) is 4.37. The number of methoxy groups -OCH3 is 2. The lowest BCUT2D eigenvalue weighted by atomic mass is 10.0. The second-order valence-electron chi connectivity index (χ2n) is 8.22. The molecule has 5 rings (SSSR count). The lowest BCUT2D eigenvalue weighted by Crippen LogP contribution is -2.42. The molecule has 1 fully saturated rings. The highest BCUT2D eigenvalue weighted by atomic mass is 19.1. The van der Waals surface area contributed by atoms with E-state index < -0.39 is 6.04 Å². The third-order valence-electron chi connectivity index (χ3n) is 6.13. The molecule has 1 unspecified atom stereocenters. The lowest BCUT2D eigenvalue weighted by molar-refractivity contribution is 0.0214. The maximum Gasteiger partial charge on any atom is 0.253 e. The number of halogens is 1. The van der Waals surface area contributed by atoms with Crippen molar-refractivity contribution in [3.8, 4) is 11.5 Å². The summed E-state index contributed by atoms with van der Waals surface area (Å²) in [5.74, 6) is 1.28. The van der Waals surface area contributed by atoms with Gasteiger partial charge in [0.15, 0.2) is 17.3 Å². The third kappa shape index (κ3) is 4.60. The molecule has 2 aromatic carbocycles. The molecule has 0 radical (unpaired) electrons. The van der Waals surface area contributed by atoms with Crippen molar-refractivity contribution in [2.75, 3.05) is 40.5 Å². The minimum atomic E-state index is -0.518. The van der Waals surface area contributed by atoms with Crippen LogP contribution in [0.1, 0.15) is 23.0 Å². The molecule has 11 heteroatoms. The Morgan fingerprint density at radius 3 is 2.51 bits per heavy atom. The first kappa shape index (κ1) is 22.9. The van der Waals surface area contributed by atoms with Crippen LogP contribution in [0, 0.1) is 5.82 Å². The number of aromatic nitrogens is 5. The fraction of sp³-hybridized carbons (Fsp3) is 0.333. The average molecular weight is 481 g/mol. The van der Waals surface area contributed by atoms with E-state index in [1.54, 1.807) is 37.1 Å². The maximum atomic E-state index is 13.4. The van der Waals surface area contributed by atoms with Gasteiger partial charge in [0.2, 0.25) is 0 Å². The quantitative estimate of drug-likeness (QED) is 0.429. The largest absolute Gasteiger partial charge is 0.493 e. The van der Waals surface area contributed by atoms with Crippen LogP contribution in [0.2, 0.25) is 0 Å². The van der Waals surface area contributed by atoms with Crippen LogP contribution in [0.15, 0.2) is 47.3 Å². The molecule has 1 atom stereocenters. The number of rotatable bonds is 7. The summed E-state index contributed by atoms with van der Waals surface area (Å²) in [4.78, 5) is 18.5. The van der Waals surface area contributed by atoms with Crippen LogP contribution in [0.5, 0.6) is 11.5 Å². The summed E-state index contributed by atoms with van der Waals surface area (Å²) in [6.07, 6.45) is 0. The van der Waals surface area contributed by atoms with Crippen LogP contribution >= 0.6 is 0 Å². The predicted molar refractivity (Wildman–Crippen MR) is 125 cm³/mol. The van der Waals surface area contributed by atoms with Crippen LogP contribution in [-0.4, -0.2) is 70.6 Å². The normalized spacial score (nSPS) is 15.3. The molecule has 1 aliphatic heterocycles. The van der Waals surface area contributed by atoms with E-state index in [2.05, 4.69) is 25.4 Å². The molecule has 0 spiro atoms. The predicted octanol–water partition coefficient (Wildman–Crippen LogP) is 2.14. The Kier molecular flexibility index (Phi) is 6.43. The molecule has 0 aliphatic carbocycles. The first-order chi connectivity index (χ1) is 17.1. The van der Waals surface area contributed by atoms with Crippen LogP contribution in [0.25, 0.3) is 10.9 Å². The van der Waals surface area contributed by atoms with Gasteiger partial charge in [-0.1, -0.05) is 12.1 Å². The van der Waals surface area contributed by atoms with Gasteiger partial charge < -0.3 is 19.2 Å². The number of ether oxygens (including phenoxy) is 3. The number of hydrogen-bond donors (Lipinski definition) is 1. The Balaban J connectivity index is 1.62. The number of aromatic amines is 1. The second-order valence-corrected chi connectivity index (χ2v) is 8.22. The van der Waals surface area contributed by atoms with Crippen molar-refractivity contribution in [2.24, 2.45) is 0 Å². The summed E-state index contributed by atoms with van der Waals surface area (Å²) in [7, 11) is 3.11. The first-order valence-electron chi connectivity index (χ1n) is 11.2. The third-order valence-corrected chi connectivity index (χ3v) is 6.13. The van der Waals surface area contributed by atoms with E-state index in [0.717, 1.165) is 10.9 Å². The van der Waals surface area contributed by atoms with E-state index in [-0.39, 0.29) is 11.4 Å². The van der Waals surface area contributed by atoms with Gasteiger partial charge in [-0.3, -0.25) is 9.69 Å². The van der Waals surface area contributed by atoms with E-state index in [1.165, 1.54) is 12.1 Å². The van der Waals surface area contributed by atoms with Gasteiger partial charge in [-0.2, -0.15) is 0 Å². The average Bonchev–Trinajstić information content (AvgIpc) is 3.33. The summed E-state index contributed by atoms with van der Waals surface area (Å²) in [5, 5.41) is 13.2. The number of hydrogen-bond acceptors (Lipinski definition) is 8. The van der Waals surface area contributed by atoms with E-state index in [0.29, 0.717) is 61.3 Å². The Bertz CT molecular complexity index is 1380. The van der Waals surface area contributed by atoms with E-state index in [9.17, 15) is 9.18 Å². The zero-order valence-corrected chi connectivity index (χ0v) is 19.4. The van der Waals surface area contributed by atoms with Crippen LogP contribution in [0.3, 0.4) is 0 Å². The molecule has 35 heavy (non-hydrogen) atoms. The molecular weight excluding hydrogens is 455 g/mol. The lowest BCUT2D eigenvalue weighted by Gasteiger charge is -2.33. The fourth-order valence-corrected chi connectivity index (χ4v) is 4.37. The molecule has 1 saturated heterocycles. The second kappa shape index (κ2) is 9.80. The van der Waals surface area contributed by atoms with E-state index in [4.69, 9.17) is 14.2 Å². The van der Waals surface area contributed by atoms with Crippen molar-refractivity contribution < 1.29 is 18.6 Å². The summed E-state index contributed by atoms with van der Waals surface area (Å²) in [6, 6.07) is 11.1. The zero-order valence-electron chi connectivity index (χ0n) is 19.4. The van der Waals surface area contributed by atoms with Gasteiger partial charge in [-0.05, 0) is 40.3 Å². The number of pyridine rings is 1. The number of fused-ring (bicyclic) bond motifs is 1. The van der Waals surface area contributed by atoms with Crippen molar-refractivity contribution in [1.82, 2.24) is 30.1 Å². The Morgan fingerprint density at radius 2 is 1.80 bits per heavy atom. The molecule has 4 aromatic rings. The van der Waals surface area contributed by atoms with E-state index in [1.807, 2.05) is 12.1 Å². The number of benzene rings is 2. The highest BCUT2D eigenvalue weighted by Gasteiger charge is 2.31. The minimum Gasteiger partial charge on any atom is -0.493 e. The van der Waals surface area contributed by atoms with Gasteiger partial charge in [0.05, 0.1) is 39.5 Å². The summed E-state index contributed by atoms with van der Waals surface area (Å²) in [6.45, 7) is 2.62. The van der Waals surface area contributed by atoms with Crippen molar-refractivity contribution in [3.63, 3.8) is 0 Å². The molecule has 0 bridgehead atoms. The first-order valence-corrected chi connectivity index (χ1v) is 11.2. The number of nitrogens with zero attached hydrogens (tertiary/aromatic N) is 5. The topological polar surface area (TPSA) is 107 Å². The zero-order chi connectivity index (χ0) is 24.4. The standard InChI is InChI=1S/C24H25FN6O4/c1-33-20-12-16-11-18(24(32)26-19(16)13-21(20)34-2)22(30-7-9-35-10-8-30)23-27-28-29-31(23)14-15-3-5-17(25)6-4-15/h3-6,11-13,22H,7-10,14H2,1-2H3,(H,26,32). The highest BCUT2D eigenvalue weighted by molar-refractivity contribution is 5.83. The monoisotopic (exact) mass is 480 g/mol. The Hall–Kier alpha value is -3.83. The molecule has 182 valence electrons. The SMILES string of the molecule is COc1cc2cc(C(c3nnnn3Cc3ccc(F)cc3)N3CCOCC3)c(=O)[nH]c2cc1OC. The van der Waals surface area contributed by atoms with Gasteiger partial charge >= 0.3 is 0 Å². The van der Waals surface area contributed by atoms with Crippen LogP contribution < -0.4 is 15.0 Å². The molecule has 3 heterocycles. The van der Waals surface area contributed by atoms with Crippen molar-refractivity contribution in [3.05, 3.63) is 75.6 Å². The van der Waals surface area contributed by atoms with Crippen molar-refractivity contribution in [1.29, 1.82) is 0 Å². The summed E-state index contributed by atoms with van der Waals surface area (Å²) < 4.78 is 31.4. The molecular formula is C24H25FN6O4. The molecule has 0 amide bonds. The smallest absolute Gasteiger partial charge is 0.253 e. The van der Waals surface area contributed by atoms with Gasteiger partial charge in [0.1, 0.15) is 11.9 Å². The summed E-state index contributed by atoms with van der Waals surface area (Å²) >= 11 is 0. The van der Waals surface area contributed by atoms with Crippen LogP contribution in [-0.2, 0) is 11.3 Å². The number of H-pyrrole nitrogens is 1. The maximum absolute atomic E-state index is 13.4.